The number of benzene rings is 1. The number of carbonyl (C=O) groups is 2. The van der Waals surface area contributed by atoms with Gasteiger partial charge in [-0.1, -0.05) is 18.2 Å². The molecule has 138 valence electrons. The summed E-state index contributed by atoms with van der Waals surface area (Å²) in [5.74, 6) is -0.308. The number of tetrazole rings is 1. The third-order valence-electron chi connectivity index (χ3n) is 4.50. The normalized spacial score (nSPS) is 16.8. The van der Waals surface area contributed by atoms with Crippen molar-refractivity contribution in [3.63, 3.8) is 0 Å². The van der Waals surface area contributed by atoms with Crippen LogP contribution in [0.5, 0.6) is 0 Å². The van der Waals surface area contributed by atoms with E-state index in [9.17, 15) is 9.59 Å². The Morgan fingerprint density at radius 1 is 1.18 bits per heavy atom. The lowest BCUT2D eigenvalue weighted by molar-refractivity contribution is -0.130. The maximum Gasteiger partial charge on any atom is 0.270 e. The van der Waals surface area contributed by atoms with Gasteiger partial charge in [0.1, 0.15) is 5.37 Å². The Labute approximate surface area is 162 Å². The molecule has 1 saturated heterocycles. The molecule has 9 nitrogen and oxygen atoms in total. The number of pyridine rings is 2. The molecule has 0 aliphatic carbocycles. The molecule has 0 bridgehead atoms. The fourth-order valence-corrected chi connectivity index (χ4v) is 4.31. The zero-order valence-corrected chi connectivity index (χ0v) is 15.2. The number of hydrazine groups is 1. The Morgan fingerprint density at radius 3 is 2.86 bits per heavy atom. The number of nitrogens with one attached hydrogen (secondary N) is 1. The Hall–Kier alpha value is -3.53. The average molecular weight is 391 g/mol. The van der Waals surface area contributed by atoms with E-state index < -0.39 is 5.37 Å². The van der Waals surface area contributed by atoms with Gasteiger partial charge < -0.3 is 0 Å². The molecular weight excluding hydrogens is 378 g/mol. The monoisotopic (exact) mass is 391 g/mol. The second-order valence-electron chi connectivity index (χ2n) is 6.18. The van der Waals surface area contributed by atoms with Crippen LogP contribution in [0.15, 0.2) is 54.9 Å². The summed E-state index contributed by atoms with van der Waals surface area (Å²) in [7, 11) is 0. The number of nitrogens with zero attached hydrogens (tertiary/aromatic N) is 6. The minimum absolute atomic E-state index is 0.184. The van der Waals surface area contributed by atoms with Crippen LogP contribution in [0, 0.1) is 0 Å². The van der Waals surface area contributed by atoms with Crippen LogP contribution in [-0.4, -0.2) is 47.6 Å². The molecule has 0 radical (unpaired) electrons. The van der Waals surface area contributed by atoms with Gasteiger partial charge in [0.2, 0.25) is 0 Å². The van der Waals surface area contributed by atoms with Gasteiger partial charge in [-0.3, -0.25) is 20.0 Å². The number of hydrogen-bond donors (Lipinski definition) is 1. The molecule has 0 spiro atoms. The van der Waals surface area contributed by atoms with Crippen LogP contribution in [0.2, 0.25) is 0 Å². The van der Waals surface area contributed by atoms with E-state index in [0.29, 0.717) is 11.2 Å². The summed E-state index contributed by atoms with van der Waals surface area (Å²) in [6.07, 6.45) is 3.06. The van der Waals surface area contributed by atoms with Crippen LogP contribution in [0.4, 0.5) is 0 Å². The third kappa shape index (κ3) is 2.65. The smallest absolute Gasteiger partial charge is 0.270 e. The summed E-state index contributed by atoms with van der Waals surface area (Å²) in [6, 6.07) is 12.9. The molecule has 0 saturated carbocycles. The molecule has 1 atom stereocenters. The van der Waals surface area contributed by atoms with E-state index >= 15 is 0 Å². The van der Waals surface area contributed by atoms with Gasteiger partial charge in [0.15, 0.2) is 5.65 Å². The van der Waals surface area contributed by atoms with Crippen molar-refractivity contribution in [1.82, 2.24) is 35.5 Å². The van der Waals surface area contributed by atoms with Crippen LogP contribution >= 0.6 is 11.8 Å². The van der Waals surface area contributed by atoms with Gasteiger partial charge in [0.05, 0.1) is 11.3 Å². The molecular formula is C18H13N7O2S. The van der Waals surface area contributed by atoms with Crippen molar-refractivity contribution < 1.29 is 9.59 Å². The second kappa shape index (κ2) is 6.57. The summed E-state index contributed by atoms with van der Waals surface area (Å²) < 4.78 is 1.65. The predicted octanol–water partition coefficient (Wildman–Crippen LogP) is 1.59. The minimum atomic E-state index is -0.434. The maximum absolute atomic E-state index is 12.6. The average Bonchev–Trinajstić information content (AvgIpc) is 3.36. The first kappa shape index (κ1) is 16.6. The van der Waals surface area contributed by atoms with E-state index in [2.05, 4.69) is 25.9 Å². The second-order valence-corrected chi connectivity index (χ2v) is 7.25. The first-order valence-corrected chi connectivity index (χ1v) is 9.51. The maximum atomic E-state index is 12.6. The van der Waals surface area contributed by atoms with Gasteiger partial charge in [0, 0.05) is 28.9 Å². The van der Waals surface area contributed by atoms with Gasteiger partial charge >= 0.3 is 0 Å². The molecule has 4 aromatic rings. The van der Waals surface area contributed by atoms with Crippen LogP contribution in [0.1, 0.15) is 21.3 Å². The number of fused-ring (bicyclic) bond motifs is 3. The number of para-hydroxylation sites is 1. The van der Waals surface area contributed by atoms with Gasteiger partial charge in [-0.15, -0.1) is 16.9 Å². The van der Waals surface area contributed by atoms with Crippen molar-refractivity contribution in [3.05, 3.63) is 66.0 Å². The van der Waals surface area contributed by atoms with Crippen molar-refractivity contribution in [1.29, 1.82) is 0 Å². The summed E-state index contributed by atoms with van der Waals surface area (Å²) in [5.41, 5.74) is 5.32. The zero-order chi connectivity index (χ0) is 19.1. The molecule has 1 unspecified atom stereocenters. The van der Waals surface area contributed by atoms with Gasteiger partial charge in [0.25, 0.3) is 11.8 Å². The minimum Gasteiger partial charge on any atom is -0.272 e. The van der Waals surface area contributed by atoms with Crippen molar-refractivity contribution in [2.75, 3.05) is 5.75 Å². The van der Waals surface area contributed by atoms with E-state index in [4.69, 9.17) is 0 Å². The quantitative estimate of drug-likeness (QED) is 0.565. The van der Waals surface area contributed by atoms with Crippen LogP contribution in [0.25, 0.3) is 16.6 Å². The summed E-state index contributed by atoms with van der Waals surface area (Å²) in [6.45, 7) is 0. The predicted molar refractivity (Wildman–Crippen MR) is 102 cm³/mol. The van der Waals surface area contributed by atoms with E-state index in [1.54, 1.807) is 16.6 Å². The fraction of sp³-hybridized carbons (Fsp3) is 0.111. The number of aromatic nitrogens is 5. The summed E-state index contributed by atoms with van der Waals surface area (Å²) in [4.78, 5) is 28.9. The van der Waals surface area contributed by atoms with Gasteiger partial charge in [-0.2, -0.15) is 4.52 Å². The molecule has 10 heteroatoms. The third-order valence-corrected chi connectivity index (χ3v) is 5.70. The molecule has 5 rings (SSSR count). The molecule has 1 aromatic carbocycles. The number of amides is 2. The first-order valence-electron chi connectivity index (χ1n) is 8.47. The zero-order valence-electron chi connectivity index (χ0n) is 14.4. The number of rotatable bonds is 3. The topological polar surface area (TPSA) is 105 Å². The van der Waals surface area contributed by atoms with Gasteiger partial charge in [-0.05, 0) is 34.7 Å². The van der Waals surface area contributed by atoms with Crippen molar-refractivity contribution >= 4 is 40.1 Å². The largest absolute Gasteiger partial charge is 0.272 e. The lowest BCUT2D eigenvalue weighted by atomic mass is 10.1. The van der Waals surface area contributed by atoms with Crippen LogP contribution < -0.4 is 5.43 Å². The highest BCUT2D eigenvalue weighted by molar-refractivity contribution is 8.00. The number of carbonyl (C=O) groups excluding carboxylic acids is 2. The number of thioether (sulfide) groups is 1. The summed E-state index contributed by atoms with van der Waals surface area (Å²) in [5, 5.41) is 13.9. The van der Waals surface area contributed by atoms with E-state index in [1.165, 1.54) is 29.2 Å². The summed E-state index contributed by atoms with van der Waals surface area (Å²) >= 11 is 1.42. The molecule has 4 heterocycles. The lowest BCUT2D eigenvalue weighted by Crippen LogP contribution is -2.44. The molecule has 1 fully saturated rings. The molecule has 3 aromatic heterocycles. The van der Waals surface area contributed by atoms with E-state index in [1.807, 2.05) is 30.3 Å². The van der Waals surface area contributed by atoms with Crippen molar-refractivity contribution in [3.8, 4) is 0 Å². The molecule has 1 aliphatic heterocycles. The lowest BCUT2D eigenvalue weighted by Gasteiger charge is -2.24. The SMILES string of the molecule is O=C(NN1C(=O)CSC1c1cc2ccccc2n2nnnc12)c1ccncc1. The Balaban J connectivity index is 1.57. The Kier molecular flexibility index (Phi) is 3.90. The standard InChI is InChI=1S/C18H13N7O2S/c26-15-10-28-18(25(15)21-17(27)11-5-7-19-8-6-11)13-9-12-3-1-2-4-14(12)24-16(13)20-22-23-24/h1-9,18H,10H2,(H,21,27). The highest BCUT2D eigenvalue weighted by atomic mass is 32.2. The van der Waals surface area contributed by atoms with Crippen LogP contribution in [-0.2, 0) is 4.79 Å². The van der Waals surface area contributed by atoms with Crippen molar-refractivity contribution in [2.45, 2.75) is 5.37 Å². The highest BCUT2D eigenvalue weighted by Gasteiger charge is 2.36. The number of hydrogen-bond acceptors (Lipinski definition) is 7. The Bertz CT molecular complexity index is 1210. The molecule has 1 aliphatic rings. The molecule has 2 amide bonds. The van der Waals surface area contributed by atoms with E-state index in [-0.39, 0.29) is 17.6 Å². The van der Waals surface area contributed by atoms with E-state index in [0.717, 1.165) is 16.5 Å². The fourth-order valence-electron chi connectivity index (χ4n) is 3.20. The van der Waals surface area contributed by atoms with Crippen LogP contribution in [0.3, 0.4) is 0 Å². The molecule has 1 N–H and O–H groups in total. The van der Waals surface area contributed by atoms with Gasteiger partial charge in [-0.25, -0.2) is 5.01 Å². The Morgan fingerprint density at radius 2 is 2.00 bits per heavy atom. The first-order chi connectivity index (χ1) is 13.7. The van der Waals surface area contributed by atoms with Crippen molar-refractivity contribution in [2.24, 2.45) is 0 Å². The highest BCUT2D eigenvalue weighted by Crippen LogP contribution is 2.39. The molecule has 28 heavy (non-hydrogen) atoms.